The van der Waals surface area contributed by atoms with Gasteiger partial charge in [0.25, 0.3) is 5.91 Å². The van der Waals surface area contributed by atoms with E-state index in [4.69, 9.17) is 15.2 Å². The van der Waals surface area contributed by atoms with Crippen molar-refractivity contribution in [2.45, 2.75) is 0 Å². The standard InChI is InChI=1S/C19H22N4O3/c1-14(23(21-2)17-9-11-18(26-4)12-10-17)19(24)22(13-25-3)16-7-5-15(20)6-8-16/h5-12H,1-2,13,20H2,3-4H3. The summed E-state index contributed by atoms with van der Waals surface area (Å²) in [5.74, 6) is 0.317. The van der Waals surface area contributed by atoms with E-state index in [-0.39, 0.29) is 18.3 Å². The fourth-order valence-electron chi connectivity index (χ4n) is 2.33. The summed E-state index contributed by atoms with van der Waals surface area (Å²) in [6, 6.07) is 13.9. The lowest BCUT2D eigenvalue weighted by Crippen LogP contribution is -2.38. The van der Waals surface area contributed by atoms with E-state index in [9.17, 15) is 4.79 Å². The van der Waals surface area contributed by atoms with Crippen molar-refractivity contribution in [3.8, 4) is 5.75 Å². The fraction of sp³-hybridized carbons (Fsp3) is 0.158. The molecule has 0 bridgehead atoms. The van der Waals surface area contributed by atoms with E-state index < -0.39 is 0 Å². The van der Waals surface area contributed by atoms with Crippen LogP contribution in [0, 0.1) is 0 Å². The van der Waals surface area contributed by atoms with E-state index in [0.29, 0.717) is 22.8 Å². The summed E-state index contributed by atoms with van der Waals surface area (Å²) in [5.41, 5.74) is 7.70. The maximum Gasteiger partial charge on any atom is 0.278 e. The van der Waals surface area contributed by atoms with Crippen LogP contribution in [0.15, 0.2) is 65.9 Å². The highest BCUT2D eigenvalue weighted by atomic mass is 16.5. The molecule has 2 aromatic carbocycles. The van der Waals surface area contributed by atoms with Crippen molar-refractivity contribution in [3.63, 3.8) is 0 Å². The van der Waals surface area contributed by atoms with Crippen LogP contribution in [0.2, 0.25) is 0 Å². The molecule has 7 heteroatoms. The first-order valence-corrected chi connectivity index (χ1v) is 7.78. The third-order valence-electron chi connectivity index (χ3n) is 3.67. The smallest absolute Gasteiger partial charge is 0.278 e. The van der Waals surface area contributed by atoms with Gasteiger partial charge in [-0.2, -0.15) is 5.10 Å². The number of hydrogen-bond acceptors (Lipinski definition) is 6. The fourth-order valence-corrected chi connectivity index (χ4v) is 2.33. The lowest BCUT2D eigenvalue weighted by molar-refractivity contribution is -0.116. The number of ether oxygens (including phenoxy) is 2. The summed E-state index contributed by atoms with van der Waals surface area (Å²) < 4.78 is 10.3. The number of carbonyl (C=O) groups excluding carboxylic acids is 1. The second kappa shape index (κ2) is 8.68. The zero-order valence-electron chi connectivity index (χ0n) is 14.9. The van der Waals surface area contributed by atoms with Gasteiger partial charge in [-0.25, -0.2) is 5.01 Å². The third kappa shape index (κ3) is 4.20. The number of benzene rings is 2. The van der Waals surface area contributed by atoms with Crippen LogP contribution in [0.3, 0.4) is 0 Å². The Morgan fingerprint density at radius 1 is 1.08 bits per heavy atom. The lowest BCUT2D eigenvalue weighted by atomic mass is 10.2. The molecule has 0 aliphatic heterocycles. The number of amides is 1. The Kier molecular flexibility index (Phi) is 6.35. The molecule has 2 aromatic rings. The highest BCUT2D eigenvalue weighted by Gasteiger charge is 2.23. The Hall–Kier alpha value is -3.32. The summed E-state index contributed by atoms with van der Waals surface area (Å²) in [7, 11) is 3.09. The van der Waals surface area contributed by atoms with Gasteiger partial charge in [0, 0.05) is 25.2 Å². The van der Waals surface area contributed by atoms with Gasteiger partial charge in [-0.3, -0.25) is 9.69 Å². The second-order valence-corrected chi connectivity index (χ2v) is 5.34. The molecule has 0 saturated heterocycles. The molecule has 0 unspecified atom stereocenters. The number of nitrogens with zero attached hydrogens (tertiary/aromatic N) is 3. The summed E-state index contributed by atoms with van der Waals surface area (Å²) in [5, 5.41) is 5.28. The summed E-state index contributed by atoms with van der Waals surface area (Å²) in [6.07, 6.45) is 0. The van der Waals surface area contributed by atoms with E-state index in [2.05, 4.69) is 18.4 Å². The Morgan fingerprint density at radius 3 is 2.15 bits per heavy atom. The van der Waals surface area contributed by atoms with Crippen molar-refractivity contribution >= 4 is 29.7 Å². The van der Waals surface area contributed by atoms with E-state index >= 15 is 0 Å². The van der Waals surface area contributed by atoms with E-state index in [1.807, 2.05) is 0 Å². The maximum atomic E-state index is 13.0. The van der Waals surface area contributed by atoms with Crippen LogP contribution in [0.5, 0.6) is 5.75 Å². The van der Waals surface area contributed by atoms with Crippen LogP contribution >= 0.6 is 0 Å². The van der Waals surface area contributed by atoms with Crippen LogP contribution in [0.4, 0.5) is 17.1 Å². The highest BCUT2D eigenvalue weighted by Crippen LogP contribution is 2.25. The number of hydrogen-bond donors (Lipinski definition) is 1. The van der Waals surface area contributed by atoms with E-state index in [0.717, 1.165) is 0 Å². The van der Waals surface area contributed by atoms with Gasteiger partial charge >= 0.3 is 0 Å². The minimum atomic E-state index is -0.375. The van der Waals surface area contributed by atoms with Gasteiger partial charge in [-0.1, -0.05) is 6.58 Å². The molecule has 26 heavy (non-hydrogen) atoms. The molecule has 136 valence electrons. The molecule has 0 aliphatic carbocycles. The van der Waals surface area contributed by atoms with Crippen LogP contribution in [0.25, 0.3) is 0 Å². The number of nitrogens with two attached hydrogens (primary N) is 1. The monoisotopic (exact) mass is 354 g/mol. The third-order valence-corrected chi connectivity index (χ3v) is 3.67. The number of methoxy groups -OCH3 is 2. The molecule has 0 aliphatic rings. The Bertz CT molecular complexity index is 772. The molecule has 0 aromatic heterocycles. The molecular formula is C19H22N4O3. The normalized spacial score (nSPS) is 10.1. The molecule has 0 saturated carbocycles. The first kappa shape index (κ1) is 19.0. The molecule has 0 radical (unpaired) electrons. The van der Waals surface area contributed by atoms with Gasteiger partial charge in [0.05, 0.1) is 12.8 Å². The molecule has 0 atom stereocenters. The van der Waals surface area contributed by atoms with Gasteiger partial charge in [0.15, 0.2) is 0 Å². The predicted octanol–water partition coefficient (Wildman–Crippen LogP) is 2.85. The first-order valence-electron chi connectivity index (χ1n) is 7.78. The second-order valence-electron chi connectivity index (χ2n) is 5.34. The van der Waals surface area contributed by atoms with Gasteiger partial charge in [-0.15, -0.1) is 0 Å². The molecule has 0 fully saturated rings. The average Bonchev–Trinajstić information content (AvgIpc) is 2.67. The molecule has 0 spiro atoms. The molecule has 2 rings (SSSR count). The zero-order chi connectivity index (χ0) is 19.1. The van der Waals surface area contributed by atoms with Crippen LogP contribution < -0.4 is 20.4 Å². The predicted molar refractivity (Wildman–Crippen MR) is 104 cm³/mol. The van der Waals surface area contributed by atoms with Crippen molar-refractivity contribution in [2.24, 2.45) is 5.10 Å². The Balaban J connectivity index is 2.28. The number of anilines is 3. The number of nitrogen functional groups attached to an aromatic ring is 1. The van der Waals surface area contributed by atoms with Crippen molar-refractivity contribution in [1.29, 1.82) is 0 Å². The largest absolute Gasteiger partial charge is 0.497 e. The Morgan fingerprint density at radius 2 is 1.65 bits per heavy atom. The Labute approximate surface area is 152 Å². The summed E-state index contributed by atoms with van der Waals surface area (Å²) >= 11 is 0. The van der Waals surface area contributed by atoms with Crippen molar-refractivity contribution in [2.75, 3.05) is 36.6 Å². The minimum Gasteiger partial charge on any atom is -0.497 e. The van der Waals surface area contributed by atoms with Crippen molar-refractivity contribution < 1.29 is 14.3 Å². The molecular weight excluding hydrogens is 332 g/mol. The molecule has 2 N–H and O–H groups in total. The molecule has 7 nitrogen and oxygen atoms in total. The SMILES string of the molecule is C=NN(C(=C)C(=O)N(COC)c1ccc(N)cc1)c1ccc(OC)cc1. The van der Waals surface area contributed by atoms with Crippen LogP contribution in [-0.4, -0.2) is 33.6 Å². The first-order chi connectivity index (χ1) is 12.5. The molecule has 1 amide bonds. The van der Waals surface area contributed by atoms with E-state index in [1.54, 1.807) is 55.6 Å². The van der Waals surface area contributed by atoms with Gasteiger partial charge < -0.3 is 15.2 Å². The van der Waals surface area contributed by atoms with Crippen LogP contribution in [0.1, 0.15) is 0 Å². The van der Waals surface area contributed by atoms with Gasteiger partial charge in [-0.05, 0) is 48.5 Å². The van der Waals surface area contributed by atoms with Crippen molar-refractivity contribution in [3.05, 3.63) is 60.8 Å². The highest BCUT2D eigenvalue weighted by molar-refractivity contribution is 6.07. The number of carbonyl (C=O) groups is 1. The molecule has 0 heterocycles. The lowest BCUT2D eigenvalue weighted by Gasteiger charge is -2.27. The quantitative estimate of drug-likeness (QED) is 0.259. The van der Waals surface area contributed by atoms with E-state index in [1.165, 1.54) is 17.0 Å². The minimum absolute atomic E-state index is 0.0510. The summed E-state index contributed by atoms with van der Waals surface area (Å²) in [6.45, 7) is 7.47. The zero-order valence-corrected chi connectivity index (χ0v) is 14.9. The summed E-state index contributed by atoms with van der Waals surface area (Å²) in [4.78, 5) is 14.4. The topological polar surface area (TPSA) is 80.4 Å². The van der Waals surface area contributed by atoms with Crippen molar-refractivity contribution in [1.82, 2.24) is 0 Å². The van der Waals surface area contributed by atoms with Gasteiger partial charge in [0.2, 0.25) is 0 Å². The van der Waals surface area contributed by atoms with Crippen LogP contribution in [-0.2, 0) is 9.53 Å². The van der Waals surface area contributed by atoms with Gasteiger partial charge in [0.1, 0.15) is 18.2 Å². The number of hydrazone groups is 1. The average molecular weight is 354 g/mol. The number of rotatable bonds is 8. The maximum absolute atomic E-state index is 13.0.